The highest BCUT2D eigenvalue weighted by Crippen LogP contribution is 2.27. The Morgan fingerprint density at radius 1 is 0.578 bits per heavy atom. The van der Waals surface area contributed by atoms with Gasteiger partial charge >= 0.3 is 0 Å². The van der Waals surface area contributed by atoms with Crippen molar-refractivity contribution in [2.75, 3.05) is 0 Å². The number of fused-ring (bicyclic) bond motifs is 2. The quantitative estimate of drug-likeness (QED) is 0.175. The maximum absolute atomic E-state index is 11.6. The van der Waals surface area contributed by atoms with Crippen LogP contribution in [0.4, 0.5) is 0 Å². The van der Waals surface area contributed by atoms with Crippen molar-refractivity contribution in [1.29, 1.82) is 0 Å². The number of carbonyl (C=O) groups is 3. The second-order valence-electron chi connectivity index (χ2n) is 13.9. The molecule has 2 heterocycles. The van der Waals surface area contributed by atoms with Gasteiger partial charge in [0.05, 0.1) is 21.9 Å². The van der Waals surface area contributed by atoms with E-state index in [1.54, 1.807) is 30.3 Å². The van der Waals surface area contributed by atoms with E-state index < -0.39 is 0 Å². The fraction of sp³-hybridized carbons (Fsp3) is 0.343. The third-order valence-electron chi connectivity index (χ3n) is 7.28. The van der Waals surface area contributed by atoms with E-state index in [-0.39, 0.29) is 53.5 Å². The zero-order valence-corrected chi connectivity index (χ0v) is 27.5. The van der Waals surface area contributed by atoms with Gasteiger partial charge < -0.3 is 5.73 Å². The lowest BCUT2D eigenvalue weighted by molar-refractivity contribution is 0.0878. The minimum absolute atomic E-state index is 0. The van der Waals surface area contributed by atoms with E-state index in [2.05, 4.69) is 77.8 Å². The van der Waals surface area contributed by atoms with E-state index in [1.165, 1.54) is 0 Å². The Morgan fingerprint density at radius 2 is 1.04 bits per heavy atom. The normalized spacial score (nSPS) is 12.6. The van der Waals surface area contributed by atoms with Crippen LogP contribution in [0, 0.1) is 0 Å². The van der Waals surface area contributed by atoms with Gasteiger partial charge in [-0.1, -0.05) is 86.6 Å². The molecule has 0 saturated heterocycles. The first kappa shape index (κ1) is 36.5. The van der Waals surface area contributed by atoms with E-state index >= 15 is 0 Å². The Kier molecular flexibility index (Phi) is 10.9. The fourth-order valence-corrected chi connectivity index (χ4v) is 4.42. The molecular weight excluding hydrogens is 567 g/mol. The van der Waals surface area contributed by atoms with Gasteiger partial charge in [0, 0.05) is 14.0 Å². The zero-order valence-electron chi connectivity index (χ0n) is 27.5. The standard InChI is InChI=1S/C12H14N2O2.C12H13NO2.C11H15NO.B/c1-12(2,3)7-4-5-8-9(6-7)11(16)14-13-10(8)15;1-12(2,3)7-4-5-8-9(6-7)11(15)13-10(8)14;1-11(2,3)9-6-4-5-8(7-9)10(12)13;/h4-6H,1-3H3,(H,13,15)(H,14,16);4-6H,1-3H3,(H,13,14,15);4-7H,1-3H3,(H2,12,13);. The van der Waals surface area contributed by atoms with Crippen molar-refractivity contribution in [3.8, 4) is 0 Å². The van der Waals surface area contributed by atoms with Crippen LogP contribution < -0.4 is 22.2 Å². The first-order chi connectivity index (χ1) is 20.2. The topological polar surface area (TPSA) is 155 Å². The van der Waals surface area contributed by atoms with Crippen molar-refractivity contribution < 1.29 is 14.4 Å². The maximum atomic E-state index is 11.6. The highest BCUT2D eigenvalue weighted by molar-refractivity contribution is 6.21. The molecule has 0 saturated carbocycles. The van der Waals surface area contributed by atoms with Gasteiger partial charge in [0.15, 0.2) is 0 Å². The molecule has 10 heteroatoms. The third-order valence-corrected chi connectivity index (χ3v) is 7.28. The number of nitrogens with two attached hydrogens (primary N) is 1. The Bertz CT molecular complexity index is 1850. The van der Waals surface area contributed by atoms with Crippen LogP contribution in [0.3, 0.4) is 0 Å². The molecule has 0 bridgehead atoms. The predicted octanol–water partition coefficient (Wildman–Crippen LogP) is 5.08. The number of aromatic amines is 2. The maximum Gasteiger partial charge on any atom is 0.270 e. The summed E-state index contributed by atoms with van der Waals surface area (Å²) in [6, 6.07) is 18.2. The molecule has 3 amide bonds. The van der Waals surface area contributed by atoms with Gasteiger partial charge in [-0.15, -0.1) is 0 Å². The number of benzene rings is 3. The number of hydrogen-bond acceptors (Lipinski definition) is 5. The summed E-state index contributed by atoms with van der Waals surface area (Å²) in [4.78, 5) is 56.7. The van der Waals surface area contributed by atoms with Crippen LogP contribution in [0.25, 0.3) is 10.8 Å². The molecule has 0 aliphatic carbocycles. The smallest absolute Gasteiger partial charge is 0.270 e. The molecule has 0 atom stereocenters. The number of carbonyl (C=O) groups excluding carboxylic acids is 3. The molecule has 45 heavy (non-hydrogen) atoms. The first-order valence-corrected chi connectivity index (χ1v) is 14.4. The average molecular weight is 610 g/mol. The van der Waals surface area contributed by atoms with E-state index in [1.807, 2.05) is 30.3 Å². The molecule has 1 aromatic heterocycles. The van der Waals surface area contributed by atoms with E-state index in [0.29, 0.717) is 27.5 Å². The van der Waals surface area contributed by atoms with Gasteiger partial charge in [-0.25, -0.2) is 0 Å². The summed E-state index contributed by atoms with van der Waals surface area (Å²) in [7, 11) is 0. The number of primary amides is 1. The molecule has 1 aliphatic rings. The van der Waals surface area contributed by atoms with E-state index in [9.17, 15) is 24.0 Å². The van der Waals surface area contributed by atoms with Crippen LogP contribution in [0.5, 0.6) is 0 Å². The van der Waals surface area contributed by atoms with Crippen molar-refractivity contribution in [2.45, 2.75) is 78.6 Å². The molecule has 3 radical (unpaired) electrons. The molecular formula is C35H42BN4O5. The van der Waals surface area contributed by atoms with Gasteiger partial charge in [-0.05, 0) is 69.3 Å². The number of rotatable bonds is 1. The van der Waals surface area contributed by atoms with Crippen LogP contribution in [0.1, 0.15) is 110 Å². The number of hydrogen-bond donors (Lipinski definition) is 4. The summed E-state index contributed by atoms with van der Waals surface area (Å²) in [5.74, 6) is -0.956. The lowest BCUT2D eigenvalue weighted by Crippen LogP contribution is -2.20. The predicted molar refractivity (Wildman–Crippen MR) is 180 cm³/mol. The van der Waals surface area contributed by atoms with Crippen molar-refractivity contribution in [3.05, 3.63) is 115 Å². The molecule has 0 unspecified atom stereocenters. The number of imide groups is 1. The molecule has 3 aromatic carbocycles. The second-order valence-corrected chi connectivity index (χ2v) is 13.9. The van der Waals surface area contributed by atoms with Gasteiger partial charge in [-0.2, -0.15) is 0 Å². The summed E-state index contributed by atoms with van der Waals surface area (Å²) in [5, 5.41) is 7.79. The van der Waals surface area contributed by atoms with Crippen LogP contribution >= 0.6 is 0 Å². The van der Waals surface area contributed by atoms with Crippen LogP contribution in [0.2, 0.25) is 0 Å². The Hall–Kier alpha value is -4.73. The molecule has 5 rings (SSSR count). The summed E-state index contributed by atoms with van der Waals surface area (Å²) in [6.45, 7) is 18.7. The lowest BCUT2D eigenvalue weighted by atomic mass is 9.85. The Morgan fingerprint density at radius 3 is 1.58 bits per heavy atom. The summed E-state index contributed by atoms with van der Waals surface area (Å²) in [5.41, 5.74) is 9.44. The van der Waals surface area contributed by atoms with Crippen LogP contribution in [-0.2, 0) is 16.2 Å². The van der Waals surface area contributed by atoms with Crippen LogP contribution in [-0.4, -0.2) is 36.3 Å². The molecule has 5 N–H and O–H groups in total. The van der Waals surface area contributed by atoms with Crippen molar-refractivity contribution in [3.63, 3.8) is 0 Å². The molecule has 1 aliphatic heterocycles. The minimum atomic E-state index is -0.369. The van der Waals surface area contributed by atoms with E-state index in [0.717, 1.165) is 16.7 Å². The lowest BCUT2D eigenvalue weighted by Gasteiger charge is -2.19. The SMILES string of the molecule is CC(C)(C)c1ccc2c(=O)[nH][nH]c(=O)c2c1.CC(C)(C)c1ccc2c(c1)C(=O)NC2=O.CC(C)(C)c1cccc(C(N)=O)c1.[B]. The highest BCUT2D eigenvalue weighted by atomic mass is 16.2. The first-order valence-electron chi connectivity index (χ1n) is 14.4. The molecule has 235 valence electrons. The minimum Gasteiger partial charge on any atom is -0.366 e. The Balaban J connectivity index is 0.000000234. The van der Waals surface area contributed by atoms with Crippen molar-refractivity contribution >= 4 is 36.9 Å². The van der Waals surface area contributed by atoms with Gasteiger partial charge in [0.2, 0.25) is 5.91 Å². The van der Waals surface area contributed by atoms with Crippen LogP contribution in [0.15, 0.2) is 70.3 Å². The largest absolute Gasteiger partial charge is 0.366 e. The highest BCUT2D eigenvalue weighted by Gasteiger charge is 2.28. The van der Waals surface area contributed by atoms with Crippen molar-refractivity contribution in [1.82, 2.24) is 15.5 Å². The molecule has 9 nitrogen and oxygen atoms in total. The van der Waals surface area contributed by atoms with Gasteiger partial charge in [0.1, 0.15) is 0 Å². The summed E-state index contributed by atoms with van der Waals surface area (Å²) >= 11 is 0. The molecule has 4 aromatic rings. The summed E-state index contributed by atoms with van der Waals surface area (Å²) < 4.78 is 0. The number of H-pyrrole nitrogens is 2. The summed E-state index contributed by atoms with van der Waals surface area (Å²) in [6.07, 6.45) is 0. The molecule has 0 spiro atoms. The van der Waals surface area contributed by atoms with Gasteiger partial charge in [0.25, 0.3) is 22.9 Å². The molecule has 0 fully saturated rings. The average Bonchev–Trinajstić information content (AvgIpc) is 3.22. The second kappa shape index (κ2) is 13.5. The number of nitrogens with one attached hydrogen (secondary N) is 3. The van der Waals surface area contributed by atoms with E-state index in [4.69, 9.17) is 5.73 Å². The number of aromatic nitrogens is 2. The number of amides is 3. The van der Waals surface area contributed by atoms with Gasteiger partial charge in [-0.3, -0.25) is 39.5 Å². The monoisotopic (exact) mass is 609 g/mol. The fourth-order valence-electron chi connectivity index (χ4n) is 4.42. The Labute approximate surface area is 265 Å². The van der Waals surface area contributed by atoms with Crippen molar-refractivity contribution in [2.24, 2.45) is 5.73 Å². The zero-order chi connectivity index (χ0) is 33.2. The third kappa shape index (κ3) is 8.91.